The van der Waals surface area contributed by atoms with Crippen molar-refractivity contribution in [3.8, 4) is 12.1 Å². The normalized spacial score (nSPS) is 20.9. The minimum Gasteiger partial charge on any atom is -0.467 e. The fourth-order valence-electron chi connectivity index (χ4n) is 1.83. The summed E-state index contributed by atoms with van der Waals surface area (Å²) in [7, 11) is 0. The van der Waals surface area contributed by atoms with Crippen molar-refractivity contribution in [1.29, 1.82) is 10.5 Å². The zero-order chi connectivity index (χ0) is 14.8. The molecule has 1 aromatic rings. The van der Waals surface area contributed by atoms with Gasteiger partial charge in [0.25, 0.3) is 0 Å². The van der Waals surface area contributed by atoms with E-state index >= 15 is 0 Å². The molecule has 0 saturated heterocycles. The zero-order valence-corrected chi connectivity index (χ0v) is 11.6. The van der Waals surface area contributed by atoms with Gasteiger partial charge >= 0.3 is 0 Å². The summed E-state index contributed by atoms with van der Waals surface area (Å²) >= 11 is 0. The molecule has 0 aliphatic carbocycles. The molecule has 0 bridgehead atoms. The predicted octanol–water partition coefficient (Wildman–Crippen LogP) is 1.97. The van der Waals surface area contributed by atoms with Crippen LogP contribution in [0.25, 0.3) is 0 Å². The Kier molecular flexibility index (Phi) is 3.49. The van der Waals surface area contributed by atoms with Gasteiger partial charge in [0.05, 0.1) is 11.8 Å². The second kappa shape index (κ2) is 5.10. The summed E-state index contributed by atoms with van der Waals surface area (Å²) in [6, 6.07) is 7.08. The highest BCUT2D eigenvalue weighted by atomic mass is 16.3. The number of nitrogens with one attached hydrogen (secondary N) is 2. The van der Waals surface area contributed by atoms with Crippen molar-refractivity contribution in [2.24, 2.45) is 4.99 Å². The second-order valence-electron chi connectivity index (χ2n) is 5.36. The smallest absolute Gasteiger partial charge is 0.153 e. The quantitative estimate of drug-likeness (QED) is 0.812. The zero-order valence-electron chi connectivity index (χ0n) is 11.6. The average molecular weight is 269 g/mol. The van der Waals surface area contributed by atoms with Gasteiger partial charge < -0.3 is 15.1 Å². The third-order valence-electron chi connectivity index (χ3n) is 2.57. The summed E-state index contributed by atoms with van der Waals surface area (Å²) in [5.41, 5.74) is 0.0274. The van der Waals surface area contributed by atoms with Crippen LogP contribution >= 0.6 is 0 Å². The molecule has 2 N–H and O–H groups in total. The number of furan rings is 1. The van der Waals surface area contributed by atoms with Crippen LogP contribution in [0.15, 0.2) is 39.2 Å². The lowest BCUT2D eigenvalue weighted by molar-refractivity contribution is 0.470. The fourth-order valence-corrected chi connectivity index (χ4v) is 1.83. The third-order valence-corrected chi connectivity index (χ3v) is 2.57. The van der Waals surface area contributed by atoms with Crippen molar-refractivity contribution in [3.63, 3.8) is 0 Å². The van der Waals surface area contributed by atoms with Crippen LogP contribution in [0.2, 0.25) is 0 Å². The van der Waals surface area contributed by atoms with Crippen molar-refractivity contribution in [2.45, 2.75) is 32.4 Å². The summed E-state index contributed by atoms with van der Waals surface area (Å²) in [6.07, 6.45) is 1.56. The lowest BCUT2D eigenvalue weighted by atomic mass is 10.1. The molecule has 1 atom stereocenters. The van der Waals surface area contributed by atoms with E-state index in [2.05, 4.69) is 15.6 Å². The summed E-state index contributed by atoms with van der Waals surface area (Å²) in [6.45, 7) is 5.86. The van der Waals surface area contributed by atoms with Gasteiger partial charge in [-0.25, -0.2) is 0 Å². The van der Waals surface area contributed by atoms with Crippen molar-refractivity contribution in [3.05, 3.63) is 35.6 Å². The number of amidine groups is 1. The molecule has 0 spiro atoms. The molecule has 1 unspecified atom stereocenters. The molecule has 0 aromatic carbocycles. The van der Waals surface area contributed by atoms with Crippen LogP contribution in [0.4, 0.5) is 0 Å². The highest BCUT2D eigenvalue weighted by Gasteiger charge is 2.30. The molecule has 0 fully saturated rings. The van der Waals surface area contributed by atoms with Gasteiger partial charge in [-0.05, 0) is 32.9 Å². The SMILES string of the molecule is CC(C)(C)N=C1NC(C#N)=C(C#N)NC1c1ccco1. The number of aliphatic imine (C=N–C) groups is 1. The number of hydrogen-bond acceptors (Lipinski definition) is 5. The van der Waals surface area contributed by atoms with Crippen LogP contribution in [0, 0.1) is 22.7 Å². The Morgan fingerprint density at radius 2 is 1.95 bits per heavy atom. The van der Waals surface area contributed by atoms with Gasteiger partial charge in [0, 0.05) is 0 Å². The summed E-state index contributed by atoms with van der Waals surface area (Å²) in [5, 5.41) is 24.1. The van der Waals surface area contributed by atoms with E-state index < -0.39 is 6.04 Å². The molecule has 2 heterocycles. The van der Waals surface area contributed by atoms with E-state index in [4.69, 9.17) is 14.9 Å². The van der Waals surface area contributed by atoms with E-state index in [9.17, 15) is 0 Å². The number of rotatable bonds is 1. The standard InChI is InChI=1S/C14H15N5O/c1-14(2,3)19-13-12(11-5-4-6-20-11)17-9(7-15)10(8-16)18-13/h4-6,12,17H,1-3H3,(H,18,19). The van der Waals surface area contributed by atoms with Gasteiger partial charge in [-0.1, -0.05) is 0 Å². The van der Waals surface area contributed by atoms with Crippen LogP contribution in [0.5, 0.6) is 0 Å². The predicted molar refractivity (Wildman–Crippen MR) is 73.2 cm³/mol. The first-order valence-electron chi connectivity index (χ1n) is 6.16. The Balaban J connectivity index is 2.48. The first-order chi connectivity index (χ1) is 9.44. The monoisotopic (exact) mass is 269 g/mol. The topological polar surface area (TPSA) is 97.1 Å². The number of hydrogen-bond donors (Lipinski definition) is 2. The van der Waals surface area contributed by atoms with E-state index in [0.29, 0.717) is 11.6 Å². The molecular formula is C14H15N5O. The van der Waals surface area contributed by atoms with Crippen molar-refractivity contribution >= 4 is 5.84 Å². The minimum absolute atomic E-state index is 0.165. The van der Waals surface area contributed by atoms with Gasteiger partial charge in [0.1, 0.15) is 35.5 Å². The molecule has 0 saturated carbocycles. The summed E-state index contributed by atoms with van der Waals surface area (Å²) < 4.78 is 5.38. The summed E-state index contributed by atoms with van der Waals surface area (Å²) in [5.74, 6) is 1.19. The van der Waals surface area contributed by atoms with E-state index in [1.165, 1.54) is 0 Å². The van der Waals surface area contributed by atoms with Crippen LogP contribution < -0.4 is 10.6 Å². The lowest BCUT2D eigenvalue weighted by Crippen LogP contribution is -2.44. The Hall–Kier alpha value is -2.73. The molecule has 2 rings (SSSR count). The lowest BCUT2D eigenvalue weighted by Gasteiger charge is -2.28. The maximum absolute atomic E-state index is 9.09. The van der Waals surface area contributed by atoms with Gasteiger partial charge in [0.15, 0.2) is 5.70 Å². The van der Waals surface area contributed by atoms with Gasteiger partial charge in [-0.3, -0.25) is 4.99 Å². The minimum atomic E-state index is -0.407. The van der Waals surface area contributed by atoms with E-state index in [-0.39, 0.29) is 16.9 Å². The average Bonchev–Trinajstić information content (AvgIpc) is 2.90. The summed E-state index contributed by atoms with van der Waals surface area (Å²) in [4.78, 5) is 4.56. The first-order valence-corrected chi connectivity index (χ1v) is 6.16. The van der Waals surface area contributed by atoms with E-state index in [0.717, 1.165) is 0 Å². The third kappa shape index (κ3) is 2.81. The molecule has 1 aromatic heterocycles. The second-order valence-corrected chi connectivity index (χ2v) is 5.36. The molecule has 20 heavy (non-hydrogen) atoms. The van der Waals surface area contributed by atoms with Crippen LogP contribution in [0.1, 0.15) is 32.6 Å². The Labute approximate surface area is 117 Å². The maximum atomic E-state index is 9.09. The van der Waals surface area contributed by atoms with Crippen LogP contribution in [-0.2, 0) is 0 Å². The van der Waals surface area contributed by atoms with Gasteiger partial charge in [-0.15, -0.1) is 0 Å². The Morgan fingerprint density at radius 3 is 2.45 bits per heavy atom. The molecule has 1 aliphatic heterocycles. The van der Waals surface area contributed by atoms with Crippen molar-refractivity contribution < 1.29 is 4.42 Å². The van der Waals surface area contributed by atoms with Crippen LogP contribution in [-0.4, -0.2) is 11.4 Å². The van der Waals surface area contributed by atoms with Gasteiger partial charge in [0.2, 0.25) is 0 Å². The van der Waals surface area contributed by atoms with E-state index in [1.54, 1.807) is 18.4 Å². The maximum Gasteiger partial charge on any atom is 0.153 e. The number of nitrogens with zero attached hydrogens (tertiary/aromatic N) is 3. The molecule has 0 radical (unpaired) electrons. The molecule has 0 amide bonds. The molecule has 6 nitrogen and oxygen atoms in total. The highest BCUT2D eigenvalue weighted by molar-refractivity contribution is 5.92. The van der Waals surface area contributed by atoms with Crippen molar-refractivity contribution in [2.75, 3.05) is 0 Å². The van der Waals surface area contributed by atoms with E-state index in [1.807, 2.05) is 32.9 Å². The Morgan fingerprint density at radius 1 is 1.25 bits per heavy atom. The molecule has 6 heteroatoms. The number of allylic oxidation sites excluding steroid dienone is 2. The molecule has 1 aliphatic rings. The highest BCUT2D eigenvalue weighted by Crippen LogP contribution is 2.23. The Bertz CT molecular complexity index is 635. The fraction of sp³-hybridized carbons (Fsp3) is 0.357. The van der Waals surface area contributed by atoms with Crippen molar-refractivity contribution in [1.82, 2.24) is 10.6 Å². The first kappa shape index (κ1) is 13.7. The van der Waals surface area contributed by atoms with Gasteiger partial charge in [-0.2, -0.15) is 10.5 Å². The van der Waals surface area contributed by atoms with Crippen LogP contribution in [0.3, 0.4) is 0 Å². The number of nitriles is 2. The molecule has 102 valence electrons. The molecular weight excluding hydrogens is 254 g/mol. The largest absolute Gasteiger partial charge is 0.467 e.